The standard InChI is InChI=1S/C17H27N5O4S/c1-12-15(13(2)19-17(18-12)21-8-10-26-11-9-21)20-16(23)14-4-6-22(7-5-14)27(3,24)25/h14H,4-11H2,1-3H3,(H,20,23). The summed E-state index contributed by atoms with van der Waals surface area (Å²) in [5.41, 5.74) is 2.10. The van der Waals surface area contributed by atoms with Gasteiger partial charge < -0.3 is 15.0 Å². The number of aromatic nitrogens is 2. The molecule has 1 amide bonds. The molecule has 10 heteroatoms. The zero-order valence-electron chi connectivity index (χ0n) is 16.1. The van der Waals surface area contributed by atoms with Crippen molar-refractivity contribution in [3.8, 4) is 0 Å². The number of carbonyl (C=O) groups is 1. The quantitative estimate of drug-likeness (QED) is 0.791. The van der Waals surface area contributed by atoms with Crippen molar-refractivity contribution >= 4 is 27.6 Å². The smallest absolute Gasteiger partial charge is 0.227 e. The van der Waals surface area contributed by atoms with E-state index < -0.39 is 10.0 Å². The fourth-order valence-corrected chi connectivity index (χ4v) is 4.33. The summed E-state index contributed by atoms with van der Waals surface area (Å²) in [6.07, 6.45) is 2.24. The lowest BCUT2D eigenvalue weighted by Gasteiger charge is -2.30. The van der Waals surface area contributed by atoms with Crippen LogP contribution in [0.15, 0.2) is 0 Å². The van der Waals surface area contributed by atoms with Gasteiger partial charge in [-0.25, -0.2) is 22.7 Å². The highest BCUT2D eigenvalue weighted by atomic mass is 32.2. The van der Waals surface area contributed by atoms with Crippen LogP contribution in [0.3, 0.4) is 0 Å². The molecular formula is C17H27N5O4S. The lowest BCUT2D eigenvalue weighted by molar-refractivity contribution is -0.120. The molecule has 2 fully saturated rings. The summed E-state index contributed by atoms with van der Waals surface area (Å²) in [5.74, 6) is 0.352. The van der Waals surface area contributed by atoms with Crippen LogP contribution in [0.2, 0.25) is 0 Å². The Morgan fingerprint density at radius 1 is 1.07 bits per heavy atom. The molecule has 3 heterocycles. The third-order valence-electron chi connectivity index (χ3n) is 5.09. The second kappa shape index (κ2) is 8.07. The molecule has 0 bridgehead atoms. The van der Waals surface area contributed by atoms with E-state index in [2.05, 4.69) is 20.2 Å². The summed E-state index contributed by atoms with van der Waals surface area (Å²) >= 11 is 0. The Hall–Kier alpha value is -1.78. The van der Waals surface area contributed by atoms with E-state index in [1.807, 2.05) is 13.8 Å². The molecule has 2 aliphatic heterocycles. The number of aryl methyl sites for hydroxylation is 2. The summed E-state index contributed by atoms with van der Waals surface area (Å²) in [5, 5.41) is 2.96. The molecule has 3 rings (SSSR count). The fourth-order valence-electron chi connectivity index (χ4n) is 3.46. The molecule has 2 saturated heterocycles. The second-order valence-corrected chi connectivity index (χ2v) is 9.08. The first kappa shape index (κ1) is 20.0. The number of ether oxygens (including phenoxy) is 1. The maximum atomic E-state index is 12.7. The van der Waals surface area contributed by atoms with Crippen LogP contribution < -0.4 is 10.2 Å². The third kappa shape index (κ3) is 4.74. The minimum absolute atomic E-state index is 0.0999. The third-order valence-corrected chi connectivity index (χ3v) is 6.40. The Labute approximate surface area is 160 Å². The van der Waals surface area contributed by atoms with Crippen LogP contribution in [0.4, 0.5) is 11.6 Å². The zero-order valence-corrected chi connectivity index (χ0v) is 16.9. The van der Waals surface area contributed by atoms with Crippen LogP contribution >= 0.6 is 0 Å². The molecule has 0 unspecified atom stereocenters. The monoisotopic (exact) mass is 397 g/mol. The molecule has 1 N–H and O–H groups in total. The summed E-state index contributed by atoms with van der Waals surface area (Å²) in [7, 11) is -3.19. The Morgan fingerprint density at radius 3 is 2.15 bits per heavy atom. The van der Waals surface area contributed by atoms with Crippen LogP contribution in [-0.4, -0.2) is 74.2 Å². The van der Waals surface area contributed by atoms with Gasteiger partial charge in [-0.1, -0.05) is 0 Å². The number of nitrogens with zero attached hydrogens (tertiary/aromatic N) is 4. The lowest BCUT2D eigenvalue weighted by Crippen LogP contribution is -2.41. The van der Waals surface area contributed by atoms with Gasteiger partial charge in [0, 0.05) is 32.1 Å². The number of carbonyl (C=O) groups excluding carboxylic acids is 1. The largest absolute Gasteiger partial charge is 0.378 e. The van der Waals surface area contributed by atoms with Gasteiger partial charge in [-0.2, -0.15) is 0 Å². The number of hydrogen-bond donors (Lipinski definition) is 1. The van der Waals surface area contributed by atoms with Crippen molar-refractivity contribution in [1.29, 1.82) is 0 Å². The summed E-state index contributed by atoms with van der Waals surface area (Å²) in [4.78, 5) is 23.8. The first-order chi connectivity index (χ1) is 12.8. The van der Waals surface area contributed by atoms with Crippen molar-refractivity contribution in [2.24, 2.45) is 5.92 Å². The maximum Gasteiger partial charge on any atom is 0.227 e. The first-order valence-electron chi connectivity index (χ1n) is 9.19. The van der Waals surface area contributed by atoms with Crippen molar-refractivity contribution < 1.29 is 17.9 Å². The number of nitrogens with one attached hydrogen (secondary N) is 1. The molecule has 1 aromatic rings. The van der Waals surface area contributed by atoms with E-state index in [4.69, 9.17) is 4.74 Å². The number of sulfonamides is 1. The van der Waals surface area contributed by atoms with Gasteiger partial charge >= 0.3 is 0 Å². The number of hydrogen-bond acceptors (Lipinski definition) is 7. The van der Waals surface area contributed by atoms with Crippen LogP contribution in [0.5, 0.6) is 0 Å². The maximum absolute atomic E-state index is 12.7. The predicted octanol–water partition coefficient (Wildman–Crippen LogP) is 0.540. The molecule has 1 aromatic heterocycles. The Balaban J connectivity index is 1.66. The number of anilines is 2. The molecule has 0 atom stereocenters. The van der Waals surface area contributed by atoms with Gasteiger partial charge in [-0.05, 0) is 26.7 Å². The number of amides is 1. The molecule has 0 radical (unpaired) electrons. The molecule has 0 aliphatic carbocycles. The van der Waals surface area contributed by atoms with E-state index in [0.717, 1.165) is 24.5 Å². The summed E-state index contributed by atoms with van der Waals surface area (Å²) < 4.78 is 30.0. The SMILES string of the molecule is Cc1nc(N2CCOCC2)nc(C)c1NC(=O)C1CCN(S(C)(=O)=O)CC1. The Morgan fingerprint density at radius 2 is 1.63 bits per heavy atom. The lowest BCUT2D eigenvalue weighted by atomic mass is 9.97. The van der Waals surface area contributed by atoms with Gasteiger partial charge in [0.15, 0.2) is 0 Å². The van der Waals surface area contributed by atoms with Crippen molar-refractivity contribution in [1.82, 2.24) is 14.3 Å². The highest BCUT2D eigenvalue weighted by Crippen LogP contribution is 2.25. The van der Waals surface area contributed by atoms with E-state index in [-0.39, 0.29) is 11.8 Å². The van der Waals surface area contributed by atoms with Crippen LogP contribution in [0.25, 0.3) is 0 Å². The van der Waals surface area contributed by atoms with Gasteiger partial charge in [0.05, 0.1) is 36.5 Å². The molecule has 9 nitrogen and oxygen atoms in total. The average molecular weight is 398 g/mol. The van der Waals surface area contributed by atoms with Crippen LogP contribution in [0, 0.1) is 19.8 Å². The molecule has 150 valence electrons. The number of piperidine rings is 1. The van der Waals surface area contributed by atoms with Gasteiger partial charge in [-0.3, -0.25) is 4.79 Å². The average Bonchev–Trinajstić information content (AvgIpc) is 2.64. The van der Waals surface area contributed by atoms with Crippen molar-refractivity contribution in [3.63, 3.8) is 0 Å². The molecule has 0 spiro atoms. The van der Waals surface area contributed by atoms with Crippen molar-refractivity contribution in [2.75, 3.05) is 55.9 Å². The minimum atomic E-state index is -3.19. The molecule has 0 aromatic carbocycles. The van der Waals surface area contributed by atoms with Crippen molar-refractivity contribution in [2.45, 2.75) is 26.7 Å². The Bertz CT molecular complexity index is 777. The predicted molar refractivity (Wildman–Crippen MR) is 102 cm³/mol. The van der Waals surface area contributed by atoms with E-state index in [1.54, 1.807) is 0 Å². The van der Waals surface area contributed by atoms with E-state index in [1.165, 1.54) is 10.6 Å². The number of rotatable bonds is 4. The summed E-state index contributed by atoms with van der Waals surface area (Å²) in [6.45, 7) is 7.30. The Kier molecular flexibility index (Phi) is 5.97. The van der Waals surface area contributed by atoms with Gasteiger partial charge in [0.1, 0.15) is 0 Å². The second-order valence-electron chi connectivity index (χ2n) is 7.09. The van der Waals surface area contributed by atoms with E-state index >= 15 is 0 Å². The normalized spacial score (nSPS) is 19.9. The number of morpholine rings is 1. The highest BCUT2D eigenvalue weighted by molar-refractivity contribution is 7.88. The highest BCUT2D eigenvalue weighted by Gasteiger charge is 2.29. The first-order valence-corrected chi connectivity index (χ1v) is 11.0. The topological polar surface area (TPSA) is 105 Å². The molecule has 2 aliphatic rings. The molecule has 27 heavy (non-hydrogen) atoms. The van der Waals surface area contributed by atoms with E-state index in [9.17, 15) is 13.2 Å². The van der Waals surface area contributed by atoms with Gasteiger partial charge in [-0.15, -0.1) is 0 Å². The van der Waals surface area contributed by atoms with E-state index in [0.29, 0.717) is 50.8 Å². The van der Waals surface area contributed by atoms with Crippen LogP contribution in [0.1, 0.15) is 24.2 Å². The molecule has 0 saturated carbocycles. The van der Waals surface area contributed by atoms with Crippen LogP contribution in [-0.2, 0) is 19.6 Å². The zero-order chi connectivity index (χ0) is 19.6. The van der Waals surface area contributed by atoms with Gasteiger partial charge in [0.25, 0.3) is 0 Å². The minimum Gasteiger partial charge on any atom is -0.378 e. The fraction of sp³-hybridized carbons (Fsp3) is 0.706. The summed E-state index contributed by atoms with van der Waals surface area (Å²) in [6, 6.07) is 0. The molecular weight excluding hydrogens is 370 g/mol. The van der Waals surface area contributed by atoms with Crippen molar-refractivity contribution in [3.05, 3.63) is 11.4 Å². The van der Waals surface area contributed by atoms with Gasteiger partial charge in [0.2, 0.25) is 21.9 Å².